The minimum atomic E-state index is 0.885. The highest BCUT2D eigenvalue weighted by atomic mass is 16.3. The third-order valence-corrected chi connectivity index (χ3v) is 11.5. The molecule has 0 bridgehead atoms. The molecule has 0 unspecified atom stereocenters. The molecule has 0 amide bonds. The van der Waals surface area contributed by atoms with E-state index in [1.807, 2.05) is 12.1 Å². The van der Waals surface area contributed by atoms with E-state index in [1.165, 1.54) is 50.1 Å². The molecule has 262 valence electrons. The highest BCUT2D eigenvalue weighted by Gasteiger charge is 2.37. The molecule has 2 aliphatic rings. The molecule has 1 aromatic heterocycles. The molecule has 56 heavy (non-hydrogen) atoms. The summed E-state index contributed by atoms with van der Waals surface area (Å²) in [6, 6.07) is 72.2. The molecular weight excluding hydrogens is 683 g/mol. The summed E-state index contributed by atoms with van der Waals surface area (Å²) in [5.74, 6) is 0. The van der Waals surface area contributed by atoms with E-state index in [4.69, 9.17) is 4.42 Å². The number of anilines is 9. The lowest BCUT2D eigenvalue weighted by molar-refractivity contribution is 0.669. The number of nitrogens with zero attached hydrogens (tertiary/aromatic N) is 3. The molecule has 0 atom stereocenters. The van der Waals surface area contributed by atoms with Crippen molar-refractivity contribution in [2.45, 2.75) is 0 Å². The van der Waals surface area contributed by atoms with Gasteiger partial charge in [-0.05, 0) is 101 Å². The summed E-state index contributed by atoms with van der Waals surface area (Å²) >= 11 is 0. The van der Waals surface area contributed by atoms with Crippen molar-refractivity contribution in [1.29, 1.82) is 0 Å². The minimum absolute atomic E-state index is 0.885. The summed E-state index contributed by atoms with van der Waals surface area (Å²) in [5.41, 5.74) is 16.8. The van der Waals surface area contributed by atoms with Gasteiger partial charge in [-0.3, -0.25) is 0 Å². The van der Waals surface area contributed by atoms with E-state index in [1.54, 1.807) is 0 Å². The molecule has 0 N–H and O–H groups in total. The number of para-hydroxylation sites is 5. The van der Waals surface area contributed by atoms with Crippen LogP contribution in [0.2, 0.25) is 0 Å². The van der Waals surface area contributed by atoms with Gasteiger partial charge in [0.05, 0.1) is 28.4 Å². The molecular formula is C52H33N3O. The molecule has 12 rings (SSSR count). The lowest BCUT2D eigenvalue weighted by Gasteiger charge is -2.42. The third-order valence-electron chi connectivity index (χ3n) is 11.5. The van der Waals surface area contributed by atoms with Crippen molar-refractivity contribution in [3.8, 4) is 22.3 Å². The van der Waals surface area contributed by atoms with Crippen molar-refractivity contribution in [1.82, 2.24) is 0 Å². The molecule has 3 heterocycles. The molecule has 0 saturated heterocycles. The fourth-order valence-electron chi connectivity index (χ4n) is 9.05. The number of rotatable bonds is 4. The standard InChI is InChI=1S/C52H33N3O/c1-2-15-35(16-3-1)53(38-30-31-50-44(33-38)43-21-9-13-25-49(43)56-50)36-26-28-37(29-27-36)54-47-23-11-12-24-48(47)55-46-22-10-8-20-42(46)40-18-6-7-19-41(40)45-32-34-14-4-5-17-39(34)51(54)52(45)55/h1-33H. The Bertz CT molecular complexity index is 3160. The molecule has 4 nitrogen and oxygen atoms in total. The summed E-state index contributed by atoms with van der Waals surface area (Å²) in [5, 5.41) is 4.63. The van der Waals surface area contributed by atoms with Gasteiger partial charge < -0.3 is 19.1 Å². The predicted octanol–water partition coefficient (Wildman–Crippen LogP) is 15.1. The van der Waals surface area contributed by atoms with Gasteiger partial charge in [0, 0.05) is 50.0 Å². The van der Waals surface area contributed by atoms with Gasteiger partial charge in [-0.15, -0.1) is 0 Å². The van der Waals surface area contributed by atoms with Gasteiger partial charge in [0.2, 0.25) is 0 Å². The summed E-state index contributed by atoms with van der Waals surface area (Å²) < 4.78 is 6.22. The SMILES string of the molecule is c1ccc(N(c2ccc(N3c4ccccc4N4c5ccccc5-c5ccccc5-c5cc6ccccc6c3c54)cc2)c2ccc3oc4ccccc4c3c2)cc1. The van der Waals surface area contributed by atoms with Gasteiger partial charge in [0.1, 0.15) is 11.2 Å². The van der Waals surface area contributed by atoms with E-state index >= 15 is 0 Å². The average molecular weight is 716 g/mol. The lowest BCUT2D eigenvalue weighted by atomic mass is 9.91. The van der Waals surface area contributed by atoms with Crippen LogP contribution in [0.3, 0.4) is 0 Å². The second kappa shape index (κ2) is 12.0. The molecule has 0 radical (unpaired) electrons. The first-order valence-electron chi connectivity index (χ1n) is 19.1. The summed E-state index contributed by atoms with van der Waals surface area (Å²) in [7, 11) is 0. The van der Waals surface area contributed by atoms with Gasteiger partial charge in [-0.2, -0.15) is 0 Å². The molecule has 0 aliphatic carbocycles. The highest BCUT2D eigenvalue weighted by molar-refractivity contribution is 6.19. The Balaban J connectivity index is 1.08. The Kier molecular flexibility index (Phi) is 6.60. The second-order valence-electron chi connectivity index (χ2n) is 14.5. The maximum atomic E-state index is 6.22. The third kappa shape index (κ3) is 4.47. The van der Waals surface area contributed by atoms with Crippen LogP contribution < -0.4 is 14.7 Å². The van der Waals surface area contributed by atoms with Crippen LogP contribution in [0.5, 0.6) is 0 Å². The fraction of sp³-hybridized carbons (Fsp3) is 0. The molecule has 0 saturated carbocycles. The smallest absolute Gasteiger partial charge is 0.135 e. The first-order chi connectivity index (χ1) is 27.8. The summed E-state index contributed by atoms with van der Waals surface area (Å²) in [6.07, 6.45) is 0. The van der Waals surface area contributed by atoms with Crippen molar-refractivity contribution in [3.05, 3.63) is 200 Å². The fourth-order valence-corrected chi connectivity index (χ4v) is 9.05. The highest BCUT2D eigenvalue weighted by Crippen LogP contribution is 2.62. The largest absolute Gasteiger partial charge is 0.456 e. The quantitative estimate of drug-likeness (QED) is 0.181. The zero-order valence-corrected chi connectivity index (χ0v) is 30.3. The number of furan rings is 1. The zero-order chi connectivity index (χ0) is 36.7. The van der Waals surface area contributed by atoms with E-state index < -0.39 is 0 Å². The van der Waals surface area contributed by atoms with Crippen molar-refractivity contribution in [3.63, 3.8) is 0 Å². The van der Waals surface area contributed by atoms with E-state index in [-0.39, 0.29) is 0 Å². The Morgan fingerprint density at radius 1 is 0.339 bits per heavy atom. The van der Waals surface area contributed by atoms with Crippen LogP contribution in [0.4, 0.5) is 51.2 Å². The van der Waals surface area contributed by atoms with Gasteiger partial charge in [0.25, 0.3) is 0 Å². The predicted molar refractivity (Wildman–Crippen MR) is 233 cm³/mol. The van der Waals surface area contributed by atoms with Gasteiger partial charge >= 0.3 is 0 Å². The van der Waals surface area contributed by atoms with Crippen LogP contribution in [0.1, 0.15) is 0 Å². The van der Waals surface area contributed by atoms with Crippen LogP contribution in [0, 0.1) is 0 Å². The Hall–Kier alpha value is -7.56. The maximum Gasteiger partial charge on any atom is 0.135 e. The summed E-state index contributed by atoms with van der Waals surface area (Å²) in [6.45, 7) is 0. The normalized spacial score (nSPS) is 12.6. The van der Waals surface area contributed by atoms with Crippen LogP contribution >= 0.6 is 0 Å². The topological polar surface area (TPSA) is 22.9 Å². The zero-order valence-electron chi connectivity index (χ0n) is 30.3. The van der Waals surface area contributed by atoms with E-state index in [0.29, 0.717) is 0 Å². The molecule has 4 heteroatoms. The summed E-state index contributed by atoms with van der Waals surface area (Å²) in [4.78, 5) is 7.30. The maximum absolute atomic E-state index is 6.22. The van der Waals surface area contributed by atoms with Gasteiger partial charge in [-0.25, -0.2) is 0 Å². The number of fused-ring (bicyclic) bond motifs is 12. The van der Waals surface area contributed by atoms with Crippen LogP contribution in [0.15, 0.2) is 205 Å². The lowest BCUT2D eigenvalue weighted by Crippen LogP contribution is -2.24. The molecule has 9 aromatic carbocycles. The monoisotopic (exact) mass is 715 g/mol. The number of hydrogen-bond acceptors (Lipinski definition) is 4. The van der Waals surface area contributed by atoms with Crippen LogP contribution in [0.25, 0.3) is 55.0 Å². The number of hydrogen-bond donors (Lipinski definition) is 0. The minimum Gasteiger partial charge on any atom is -0.456 e. The van der Waals surface area contributed by atoms with Crippen molar-refractivity contribution >= 4 is 83.9 Å². The average Bonchev–Trinajstić information content (AvgIpc) is 3.58. The second-order valence-corrected chi connectivity index (χ2v) is 14.5. The van der Waals surface area contributed by atoms with Crippen molar-refractivity contribution in [2.75, 3.05) is 14.7 Å². The van der Waals surface area contributed by atoms with E-state index in [9.17, 15) is 0 Å². The van der Waals surface area contributed by atoms with Gasteiger partial charge in [-0.1, -0.05) is 115 Å². The number of benzene rings is 9. The van der Waals surface area contributed by atoms with E-state index in [0.717, 1.165) is 56.1 Å². The van der Waals surface area contributed by atoms with Crippen LogP contribution in [-0.4, -0.2) is 0 Å². The molecule has 2 aliphatic heterocycles. The Labute approximate surface area is 324 Å². The first kappa shape index (κ1) is 30.9. The van der Waals surface area contributed by atoms with Crippen molar-refractivity contribution in [2.24, 2.45) is 0 Å². The molecule has 0 fully saturated rings. The van der Waals surface area contributed by atoms with E-state index in [2.05, 4.69) is 203 Å². The van der Waals surface area contributed by atoms with Crippen LogP contribution in [-0.2, 0) is 0 Å². The first-order valence-corrected chi connectivity index (χ1v) is 19.1. The molecule has 10 aromatic rings. The Morgan fingerprint density at radius 2 is 0.911 bits per heavy atom. The van der Waals surface area contributed by atoms with Gasteiger partial charge in [0.15, 0.2) is 0 Å². The Morgan fingerprint density at radius 3 is 1.71 bits per heavy atom. The molecule has 0 spiro atoms. The van der Waals surface area contributed by atoms with Crippen molar-refractivity contribution < 1.29 is 4.42 Å².